The van der Waals surface area contributed by atoms with E-state index < -0.39 is 24.1 Å². The number of ether oxygens (including phenoxy) is 2. The Labute approximate surface area is 187 Å². The molecule has 32 heavy (non-hydrogen) atoms. The molecule has 1 atom stereocenters. The molecule has 8 nitrogen and oxygen atoms in total. The van der Waals surface area contributed by atoms with E-state index in [4.69, 9.17) is 9.47 Å². The first kappa shape index (κ1) is 21.8. The van der Waals surface area contributed by atoms with Crippen LogP contribution in [0.3, 0.4) is 0 Å². The molecular formula is C24H27N3O5. The van der Waals surface area contributed by atoms with Crippen LogP contribution in [0.4, 0.5) is 15.3 Å². The fourth-order valence-corrected chi connectivity index (χ4v) is 4.00. The van der Waals surface area contributed by atoms with E-state index in [1.54, 1.807) is 29.2 Å². The molecule has 0 aliphatic carbocycles. The van der Waals surface area contributed by atoms with E-state index in [1.165, 1.54) is 9.80 Å². The largest absolute Gasteiger partial charge is 0.445 e. The number of likely N-dealkylation sites (tertiary alicyclic amines) is 1. The number of carbonyl (C=O) groups is 3. The van der Waals surface area contributed by atoms with Crippen molar-refractivity contribution in [1.29, 1.82) is 0 Å². The summed E-state index contributed by atoms with van der Waals surface area (Å²) in [6, 6.07) is 17.1. The second-order valence-electron chi connectivity index (χ2n) is 7.78. The van der Waals surface area contributed by atoms with Gasteiger partial charge < -0.3 is 14.4 Å². The average molecular weight is 437 g/mol. The van der Waals surface area contributed by atoms with E-state index in [2.05, 4.69) is 0 Å². The third-order valence-electron chi connectivity index (χ3n) is 5.69. The number of anilines is 1. The van der Waals surface area contributed by atoms with E-state index in [-0.39, 0.29) is 6.61 Å². The van der Waals surface area contributed by atoms with Crippen LogP contribution in [-0.2, 0) is 20.9 Å². The van der Waals surface area contributed by atoms with Crippen LogP contribution in [0.25, 0.3) is 0 Å². The van der Waals surface area contributed by atoms with E-state index in [1.807, 2.05) is 36.4 Å². The monoisotopic (exact) mass is 437 g/mol. The van der Waals surface area contributed by atoms with Gasteiger partial charge in [-0.05, 0) is 30.5 Å². The van der Waals surface area contributed by atoms with Gasteiger partial charge in [0.15, 0.2) is 0 Å². The van der Waals surface area contributed by atoms with E-state index in [0.29, 0.717) is 51.4 Å². The fourth-order valence-electron chi connectivity index (χ4n) is 4.00. The van der Waals surface area contributed by atoms with Gasteiger partial charge in [-0.2, -0.15) is 0 Å². The van der Waals surface area contributed by atoms with Gasteiger partial charge in [0.25, 0.3) is 5.91 Å². The highest BCUT2D eigenvalue weighted by Gasteiger charge is 2.41. The standard InChI is InChI=1S/C24H27N3O5/c28-22(21-12-7-13-26(21)24(30)32-18-19-8-3-1-4-9-19)27(20-10-5-2-6-11-20)23(29)25-14-16-31-17-15-25/h1-6,8-11,21H,7,12-18H2. The van der Waals surface area contributed by atoms with Crippen molar-refractivity contribution in [2.45, 2.75) is 25.5 Å². The highest BCUT2D eigenvalue weighted by molar-refractivity contribution is 6.16. The van der Waals surface area contributed by atoms with Crippen LogP contribution in [0, 0.1) is 0 Å². The summed E-state index contributed by atoms with van der Waals surface area (Å²) in [7, 11) is 0. The van der Waals surface area contributed by atoms with Crippen molar-refractivity contribution in [3.05, 3.63) is 66.2 Å². The Morgan fingerprint density at radius 1 is 0.938 bits per heavy atom. The molecule has 0 spiro atoms. The molecule has 2 aliphatic rings. The number of nitrogens with zero attached hydrogens (tertiary/aromatic N) is 3. The van der Waals surface area contributed by atoms with Crippen LogP contribution in [0.1, 0.15) is 18.4 Å². The summed E-state index contributed by atoms with van der Waals surface area (Å²) in [5, 5.41) is 0. The van der Waals surface area contributed by atoms with Crippen molar-refractivity contribution >= 4 is 23.7 Å². The molecule has 8 heteroatoms. The zero-order chi connectivity index (χ0) is 22.3. The third kappa shape index (κ3) is 4.91. The molecule has 0 N–H and O–H groups in total. The molecule has 2 fully saturated rings. The molecule has 1 unspecified atom stereocenters. The van der Waals surface area contributed by atoms with E-state index in [0.717, 1.165) is 5.56 Å². The van der Waals surface area contributed by atoms with Crippen LogP contribution in [0.2, 0.25) is 0 Å². The summed E-state index contributed by atoms with van der Waals surface area (Å²) < 4.78 is 10.8. The number of urea groups is 1. The van der Waals surface area contributed by atoms with Crippen molar-refractivity contribution in [2.75, 3.05) is 37.7 Å². The fraction of sp³-hybridized carbons (Fsp3) is 0.375. The molecule has 168 valence electrons. The number of para-hydroxylation sites is 1. The highest BCUT2D eigenvalue weighted by Crippen LogP contribution is 2.25. The second-order valence-corrected chi connectivity index (χ2v) is 7.78. The maximum atomic E-state index is 13.6. The average Bonchev–Trinajstić information content (AvgIpc) is 3.35. The van der Waals surface area contributed by atoms with Gasteiger partial charge in [0, 0.05) is 19.6 Å². The quantitative estimate of drug-likeness (QED) is 0.734. The molecule has 2 saturated heterocycles. The number of rotatable bonds is 4. The van der Waals surface area contributed by atoms with Crippen molar-refractivity contribution < 1.29 is 23.9 Å². The first-order valence-corrected chi connectivity index (χ1v) is 10.9. The van der Waals surface area contributed by atoms with Gasteiger partial charge in [-0.15, -0.1) is 0 Å². The lowest BCUT2D eigenvalue weighted by Gasteiger charge is -2.34. The molecule has 0 bridgehead atoms. The smallest absolute Gasteiger partial charge is 0.410 e. The number of imide groups is 1. The summed E-state index contributed by atoms with van der Waals surface area (Å²) >= 11 is 0. The summed E-state index contributed by atoms with van der Waals surface area (Å²) in [6.45, 7) is 2.25. The SMILES string of the molecule is O=C(C1CCCN1C(=O)OCc1ccccc1)N(C(=O)N1CCOCC1)c1ccccc1. The second kappa shape index (κ2) is 10.3. The molecule has 4 rings (SSSR count). The van der Waals surface area contributed by atoms with Crippen LogP contribution in [-0.4, -0.2) is 66.7 Å². The van der Waals surface area contributed by atoms with Gasteiger partial charge in [0.05, 0.1) is 18.9 Å². The lowest BCUT2D eigenvalue weighted by molar-refractivity contribution is -0.122. The number of hydrogen-bond donors (Lipinski definition) is 0. The Bertz CT molecular complexity index is 931. The number of benzene rings is 2. The van der Waals surface area contributed by atoms with Crippen LogP contribution in [0.5, 0.6) is 0 Å². The Morgan fingerprint density at radius 2 is 1.59 bits per heavy atom. The maximum absolute atomic E-state index is 13.6. The predicted molar refractivity (Wildman–Crippen MR) is 118 cm³/mol. The number of carbonyl (C=O) groups excluding carboxylic acids is 3. The van der Waals surface area contributed by atoms with E-state index in [9.17, 15) is 14.4 Å². The van der Waals surface area contributed by atoms with Gasteiger partial charge in [-0.3, -0.25) is 9.69 Å². The van der Waals surface area contributed by atoms with Crippen molar-refractivity contribution in [1.82, 2.24) is 9.80 Å². The van der Waals surface area contributed by atoms with Crippen molar-refractivity contribution in [3.63, 3.8) is 0 Å². The topological polar surface area (TPSA) is 79.4 Å². The minimum atomic E-state index is -0.747. The van der Waals surface area contributed by atoms with Gasteiger partial charge in [0.2, 0.25) is 0 Å². The van der Waals surface area contributed by atoms with Crippen LogP contribution >= 0.6 is 0 Å². The lowest BCUT2D eigenvalue weighted by atomic mass is 10.1. The summed E-state index contributed by atoms with van der Waals surface area (Å²) in [5.74, 6) is -0.415. The zero-order valence-electron chi connectivity index (χ0n) is 17.9. The zero-order valence-corrected chi connectivity index (χ0v) is 17.9. The minimum Gasteiger partial charge on any atom is -0.445 e. The Balaban J connectivity index is 1.51. The molecule has 0 aromatic heterocycles. The molecule has 0 radical (unpaired) electrons. The molecular weight excluding hydrogens is 410 g/mol. The molecule has 0 saturated carbocycles. The number of hydrogen-bond acceptors (Lipinski definition) is 5. The first-order chi connectivity index (χ1) is 15.6. The van der Waals surface area contributed by atoms with Crippen molar-refractivity contribution in [2.24, 2.45) is 0 Å². The van der Waals surface area contributed by atoms with Gasteiger partial charge >= 0.3 is 12.1 Å². The Hall–Kier alpha value is -3.39. The molecule has 2 aromatic rings. The predicted octanol–water partition coefficient (Wildman–Crippen LogP) is 3.27. The molecule has 4 amide bonds. The van der Waals surface area contributed by atoms with Crippen LogP contribution in [0.15, 0.2) is 60.7 Å². The van der Waals surface area contributed by atoms with Crippen molar-refractivity contribution in [3.8, 4) is 0 Å². The van der Waals surface area contributed by atoms with Gasteiger partial charge in [-0.1, -0.05) is 48.5 Å². The Morgan fingerprint density at radius 3 is 2.28 bits per heavy atom. The normalized spacial score (nSPS) is 18.3. The third-order valence-corrected chi connectivity index (χ3v) is 5.69. The van der Waals surface area contributed by atoms with Crippen LogP contribution < -0.4 is 4.90 Å². The maximum Gasteiger partial charge on any atom is 0.410 e. The molecule has 2 aliphatic heterocycles. The van der Waals surface area contributed by atoms with Gasteiger partial charge in [0.1, 0.15) is 12.6 Å². The highest BCUT2D eigenvalue weighted by atomic mass is 16.6. The molecule has 2 aromatic carbocycles. The summed E-state index contributed by atoms with van der Waals surface area (Å²) in [4.78, 5) is 44.0. The first-order valence-electron chi connectivity index (χ1n) is 10.9. The molecule has 2 heterocycles. The minimum absolute atomic E-state index is 0.131. The Kier molecular flexibility index (Phi) is 7.01. The number of amides is 4. The lowest BCUT2D eigenvalue weighted by Crippen LogP contribution is -2.55. The summed E-state index contributed by atoms with van der Waals surface area (Å²) in [6.07, 6.45) is 0.612. The van der Waals surface area contributed by atoms with E-state index >= 15 is 0 Å². The van der Waals surface area contributed by atoms with Gasteiger partial charge in [-0.25, -0.2) is 14.5 Å². The number of morpholine rings is 1. The summed E-state index contributed by atoms with van der Waals surface area (Å²) in [5.41, 5.74) is 1.36.